The van der Waals surface area contributed by atoms with Crippen molar-refractivity contribution in [1.29, 1.82) is 0 Å². The molecule has 106 valence electrons. The van der Waals surface area contributed by atoms with Crippen LogP contribution in [0.2, 0.25) is 0 Å². The summed E-state index contributed by atoms with van der Waals surface area (Å²) in [7, 11) is 0. The van der Waals surface area contributed by atoms with Crippen LogP contribution in [0.15, 0.2) is 18.2 Å². The molecule has 3 rings (SSSR count). The van der Waals surface area contributed by atoms with Crippen LogP contribution in [-0.4, -0.2) is 30.6 Å². The highest BCUT2D eigenvalue weighted by molar-refractivity contribution is 6.01. The number of anilines is 1. The van der Waals surface area contributed by atoms with E-state index in [9.17, 15) is 9.59 Å². The zero-order chi connectivity index (χ0) is 14.2. The summed E-state index contributed by atoms with van der Waals surface area (Å²) < 4.78 is 5.44. The predicted octanol–water partition coefficient (Wildman–Crippen LogP) is 1.48. The van der Waals surface area contributed by atoms with E-state index in [1.165, 1.54) is 0 Å². The van der Waals surface area contributed by atoms with Crippen LogP contribution in [0.3, 0.4) is 0 Å². The van der Waals surface area contributed by atoms with Crippen LogP contribution >= 0.6 is 0 Å². The van der Waals surface area contributed by atoms with E-state index in [1.54, 1.807) is 18.2 Å². The Bertz CT molecular complexity index is 562. The van der Waals surface area contributed by atoms with Gasteiger partial charge in [-0.1, -0.05) is 0 Å². The van der Waals surface area contributed by atoms with Crippen LogP contribution in [0.5, 0.6) is 0 Å². The Labute approximate surface area is 117 Å². The van der Waals surface area contributed by atoms with Gasteiger partial charge in [0.15, 0.2) is 0 Å². The van der Waals surface area contributed by atoms with Gasteiger partial charge in [-0.25, -0.2) is 0 Å². The smallest absolute Gasteiger partial charge is 0.251 e. The standard InChI is InChI=1S/C15H18N2O3/c1-15(5-2-6-20-9-15)17-14(19)10-3-4-12-11(7-10)8-13(18)16-12/h3-4,7H,2,5-6,8-9H2,1H3,(H,16,18)(H,17,19). The molecule has 1 aromatic rings. The molecule has 5 nitrogen and oxygen atoms in total. The van der Waals surface area contributed by atoms with Crippen molar-refractivity contribution in [3.8, 4) is 0 Å². The number of fused-ring (bicyclic) bond motifs is 1. The molecule has 0 spiro atoms. The Hall–Kier alpha value is -1.88. The minimum absolute atomic E-state index is 0.0230. The maximum atomic E-state index is 12.3. The Morgan fingerprint density at radius 2 is 2.30 bits per heavy atom. The third kappa shape index (κ3) is 2.54. The number of nitrogens with one attached hydrogen (secondary N) is 2. The number of amides is 2. The van der Waals surface area contributed by atoms with Gasteiger partial charge in [-0.2, -0.15) is 0 Å². The molecular formula is C15H18N2O3. The summed E-state index contributed by atoms with van der Waals surface area (Å²) in [5.41, 5.74) is 1.97. The summed E-state index contributed by atoms with van der Waals surface area (Å²) in [6, 6.07) is 5.32. The topological polar surface area (TPSA) is 67.4 Å². The van der Waals surface area contributed by atoms with Crippen LogP contribution in [0.1, 0.15) is 35.7 Å². The third-order valence-corrected chi connectivity index (χ3v) is 3.85. The van der Waals surface area contributed by atoms with Crippen LogP contribution in [0.4, 0.5) is 5.69 Å². The van der Waals surface area contributed by atoms with Gasteiger partial charge in [0.05, 0.1) is 18.6 Å². The van der Waals surface area contributed by atoms with E-state index in [0.29, 0.717) is 18.6 Å². The molecule has 0 saturated carbocycles. The number of ether oxygens (including phenoxy) is 1. The second kappa shape index (κ2) is 4.90. The van der Waals surface area contributed by atoms with Crippen LogP contribution < -0.4 is 10.6 Å². The van der Waals surface area contributed by atoms with Gasteiger partial charge < -0.3 is 15.4 Å². The first-order valence-electron chi connectivity index (χ1n) is 6.89. The maximum absolute atomic E-state index is 12.3. The van der Waals surface area contributed by atoms with Gasteiger partial charge >= 0.3 is 0 Å². The fourth-order valence-electron chi connectivity index (χ4n) is 2.75. The molecule has 2 N–H and O–H groups in total. The summed E-state index contributed by atoms with van der Waals surface area (Å²) in [4.78, 5) is 23.6. The zero-order valence-corrected chi connectivity index (χ0v) is 11.5. The van der Waals surface area contributed by atoms with Crippen LogP contribution in [0, 0.1) is 0 Å². The molecule has 2 aliphatic rings. The highest BCUT2D eigenvalue weighted by Crippen LogP contribution is 2.25. The molecule has 0 radical (unpaired) electrons. The Kier molecular flexibility index (Phi) is 3.22. The Morgan fingerprint density at radius 1 is 1.45 bits per heavy atom. The van der Waals surface area contributed by atoms with E-state index in [0.717, 1.165) is 30.7 Å². The number of carbonyl (C=O) groups is 2. The van der Waals surface area contributed by atoms with Gasteiger partial charge in [0.2, 0.25) is 5.91 Å². The molecule has 1 fully saturated rings. The van der Waals surface area contributed by atoms with Gasteiger partial charge in [-0.05, 0) is 43.5 Å². The van der Waals surface area contributed by atoms with Crippen molar-refractivity contribution in [3.63, 3.8) is 0 Å². The van der Waals surface area contributed by atoms with Crippen molar-refractivity contribution < 1.29 is 14.3 Å². The molecule has 2 heterocycles. The average molecular weight is 274 g/mol. The van der Waals surface area contributed by atoms with E-state index in [-0.39, 0.29) is 17.4 Å². The first kappa shape index (κ1) is 13.1. The minimum atomic E-state index is -0.303. The first-order valence-corrected chi connectivity index (χ1v) is 6.89. The fourth-order valence-corrected chi connectivity index (χ4v) is 2.75. The Morgan fingerprint density at radius 3 is 3.05 bits per heavy atom. The highest BCUT2D eigenvalue weighted by Gasteiger charge is 2.30. The number of carbonyl (C=O) groups excluding carboxylic acids is 2. The van der Waals surface area contributed by atoms with Gasteiger partial charge in [0.25, 0.3) is 5.91 Å². The second-order valence-electron chi connectivity index (χ2n) is 5.77. The molecule has 0 bridgehead atoms. The zero-order valence-electron chi connectivity index (χ0n) is 11.5. The van der Waals surface area contributed by atoms with Crippen molar-refractivity contribution in [3.05, 3.63) is 29.3 Å². The molecular weight excluding hydrogens is 256 g/mol. The first-order chi connectivity index (χ1) is 9.56. The fraction of sp³-hybridized carbons (Fsp3) is 0.467. The number of hydrogen-bond acceptors (Lipinski definition) is 3. The van der Waals surface area contributed by atoms with Gasteiger partial charge in [0.1, 0.15) is 0 Å². The lowest BCUT2D eigenvalue weighted by atomic mass is 9.94. The molecule has 1 unspecified atom stereocenters. The molecule has 2 amide bonds. The van der Waals surface area contributed by atoms with Crippen molar-refractivity contribution in [2.45, 2.75) is 31.7 Å². The molecule has 1 atom stereocenters. The summed E-state index contributed by atoms with van der Waals surface area (Å²) >= 11 is 0. The molecule has 0 aliphatic carbocycles. The van der Waals surface area contributed by atoms with Crippen LogP contribution in [-0.2, 0) is 16.0 Å². The molecule has 2 aliphatic heterocycles. The summed E-state index contributed by atoms with van der Waals surface area (Å²) in [5, 5.41) is 5.81. The monoisotopic (exact) mass is 274 g/mol. The molecule has 5 heteroatoms. The number of hydrogen-bond donors (Lipinski definition) is 2. The molecule has 1 saturated heterocycles. The van der Waals surface area contributed by atoms with E-state index < -0.39 is 0 Å². The molecule has 20 heavy (non-hydrogen) atoms. The van der Waals surface area contributed by atoms with Gasteiger partial charge in [0, 0.05) is 17.9 Å². The van der Waals surface area contributed by atoms with E-state index in [1.807, 2.05) is 6.92 Å². The van der Waals surface area contributed by atoms with Crippen LogP contribution in [0.25, 0.3) is 0 Å². The van der Waals surface area contributed by atoms with E-state index >= 15 is 0 Å². The molecule has 0 aromatic heterocycles. The summed E-state index contributed by atoms with van der Waals surface area (Å²) in [6.07, 6.45) is 2.22. The summed E-state index contributed by atoms with van der Waals surface area (Å²) in [6.45, 7) is 3.31. The lowest BCUT2D eigenvalue weighted by Gasteiger charge is -2.34. The quantitative estimate of drug-likeness (QED) is 0.858. The summed E-state index contributed by atoms with van der Waals surface area (Å²) in [5.74, 6) is -0.134. The lowest BCUT2D eigenvalue weighted by molar-refractivity contribution is -0.115. The third-order valence-electron chi connectivity index (χ3n) is 3.85. The highest BCUT2D eigenvalue weighted by atomic mass is 16.5. The van der Waals surface area contributed by atoms with Crippen molar-refractivity contribution >= 4 is 17.5 Å². The predicted molar refractivity (Wildman–Crippen MR) is 74.7 cm³/mol. The van der Waals surface area contributed by atoms with E-state index in [4.69, 9.17) is 4.74 Å². The SMILES string of the molecule is CC1(NC(=O)c2ccc3c(c2)CC(=O)N3)CCCOC1. The van der Waals surface area contributed by atoms with Crippen molar-refractivity contribution in [2.24, 2.45) is 0 Å². The van der Waals surface area contributed by atoms with Crippen molar-refractivity contribution in [2.75, 3.05) is 18.5 Å². The number of rotatable bonds is 2. The second-order valence-corrected chi connectivity index (χ2v) is 5.77. The van der Waals surface area contributed by atoms with Crippen molar-refractivity contribution in [1.82, 2.24) is 5.32 Å². The minimum Gasteiger partial charge on any atom is -0.379 e. The average Bonchev–Trinajstić information content (AvgIpc) is 2.78. The van der Waals surface area contributed by atoms with Gasteiger partial charge in [-0.15, -0.1) is 0 Å². The maximum Gasteiger partial charge on any atom is 0.251 e. The normalized spacial score (nSPS) is 24.9. The molecule has 1 aromatic carbocycles. The number of benzene rings is 1. The van der Waals surface area contributed by atoms with E-state index in [2.05, 4.69) is 10.6 Å². The van der Waals surface area contributed by atoms with Gasteiger partial charge in [-0.3, -0.25) is 9.59 Å². The lowest BCUT2D eigenvalue weighted by Crippen LogP contribution is -2.51. The Balaban J connectivity index is 1.74. The largest absolute Gasteiger partial charge is 0.379 e.